The molecule has 0 radical (unpaired) electrons. The molecule has 0 aromatic heterocycles. The average Bonchev–Trinajstić information content (AvgIpc) is 2.29. The molecule has 0 spiro atoms. The normalized spacial score (nSPS) is 11.4. The van der Waals surface area contributed by atoms with Crippen LogP contribution < -0.4 is 9.47 Å². The van der Waals surface area contributed by atoms with E-state index in [0.717, 1.165) is 5.56 Å². The van der Waals surface area contributed by atoms with E-state index < -0.39 is 0 Å². The number of aliphatic imine (C=N–C) groups is 1. The van der Waals surface area contributed by atoms with Gasteiger partial charge in [0.05, 0.1) is 19.8 Å². The molecule has 1 rings (SSSR count). The maximum absolute atomic E-state index is 10.2. The van der Waals surface area contributed by atoms with Crippen LogP contribution in [0, 0.1) is 0 Å². The highest BCUT2D eigenvalue weighted by Gasteiger charge is 2.09. The molecular formula is C12H15NO3. The lowest BCUT2D eigenvalue weighted by Gasteiger charge is -2.12. The molecular weight excluding hydrogens is 206 g/mol. The molecule has 1 aromatic rings. The molecule has 0 aliphatic rings. The Balaban J connectivity index is 3.05. The summed E-state index contributed by atoms with van der Waals surface area (Å²) in [6.45, 7) is 4.28. The monoisotopic (exact) mass is 221 g/mol. The molecule has 1 unspecified atom stereocenters. The molecule has 86 valence electrons. The average molecular weight is 221 g/mol. The first-order valence-electron chi connectivity index (χ1n) is 5.10. The van der Waals surface area contributed by atoms with Crippen molar-refractivity contribution in [3.8, 4) is 11.5 Å². The van der Waals surface area contributed by atoms with Crippen molar-refractivity contribution in [2.24, 2.45) is 4.99 Å². The summed E-state index contributed by atoms with van der Waals surface area (Å²) in [5, 5.41) is 0. The number of hydrogen-bond acceptors (Lipinski definition) is 4. The van der Waals surface area contributed by atoms with E-state index in [9.17, 15) is 4.79 Å². The molecule has 1 aromatic carbocycles. The van der Waals surface area contributed by atoms with Crippen LogP contribution in [0.5, 0.6) is 11.5 Å². The van der Waals surface area contributed by atoms with Gasteiger partial charge in [0, 0.05) is 0 Å². The van der Waals surface area contributed by atoms with Crippen molar-refractivity contribution in [3.05, 3.63) is 23.8 Å². The first-order valence-corrected chi connectivity index (χ1v) is 5.10. The van der Waals surface area contributed by atoms with Crippen molar-refractivity contribution >= 4 is 6.08 Å². The van der Waals surface area contributed by atoms with Crippen LogP contribution in [0.4, 0.5) is 0 Å². The standard InChI is InChI=1S/C12H15NO3/c1-4-16-12-7-10(9(2)13-8-14)5-6-11(12)15-3/h5-7,9H,4H2,1-3H3. The van der Waals surface area contributed by atoms with Crippen molar-refractivity contribution in [2.75, 3.05) is 13.7 Å². The molecule has 0 saturated carbocycles. The molecule has 0 saturated heterocycles. The lowest BCUT2D eigenvalue weighted by atomic mass is 10.1. The predicted octanol–water partition coefficient (Wildman–Crippen LogP) is 2.49. The number of carbonyl (C=O) groups excluding carboxylic acids is 1. The first kappa shape index (κ1) is 12.3. The fraction of sp³-hybridized carbons (Fsp3) is 0.417. The summed E-state index contributed by atoms with van der Waals surface area (Å²) >= 11 is 0. The molecule has 0 aliphatic carbocycles. The van der Waals surface area contributed by atoms with Gasteiger partial charge in [-0.2, -0.15) is 4.99 Å². The molecule has 0 fully saturated rings. The number of ether oxygens (including phenoxy) is 2. The van der Waals surface area contributed by atoms with E-state index in [-0.39, 0.29) is 6.04 Å². The largest absolute Gasteiger partial charge is 0.493 e. The summed E-state index contributed by atoms with van der Waals surface area (Å²) in [7, 11) is 1.59. The van der Waals surface area contributed by atoms with Gasteiger partial charge in [0.25, 0.3) is 0 Å². The third-order valence-corrected chi connectivity index (χ3v) is 2.22. The number of methoxy groups -OCH3 is 1. The fourth-order valence-corrected chi connectivity index (χ4v) is 1.38. The van der Waals surface area contributed by atoms with E-state index in [1.165, 1.54) is 0 Å². The van der Waals surface area contributed by atoms with E-state index in [1.54, 1.807) is 19.3 Å². The molecule has 0 aliphatic heterocycles. The topological polar surface area (TPSA) is 47.9 Å². The second kappa shape index (κ2) is 5.93. The van der Waals surface area contributed by atoms with Crippen molar-refractivity contribution in [2.45, 2.75) is 19.9 Å². The molecule has 0 amide bonds. The Morgan fingerprint density at radius 1 is 1.44 bits per heavy atom. The third-order valence-electron chi connectivity index (χ3n) is 2.22. The minimum absolute atomic E-state index is 0.220. The molecule has 4 nitrogen and oxygen atoms in total. The lowest BCUT2D eigenvalue weighted by molar-refractivity contribution is 0.310. The van der Waals surface area contributed by atoms with E-state index in [2.05, 4.69) is 4.99 Å². The van der Waals surface area contributed by atoms with Crippen LogP contribution in [0.1, 0.15) is 25.5 Å². The Kier molecular flexibility index (Phi) is 4.55. The molecule has 1 atom stereocenters. The van der Waals surface area contributed by atoms with E-state index in [0.29, 0.717) is 18.1 Å². The molecule has 0 N–H and O–H groups in total. The Morgan fingerprint density at radius 2 is 2.19 bits per heavy atom. The molecule has 16 heavy (non-hydrogen) atoms. The van der Waals surface area contributed by atoms with E-state index in [4.69, 9.17) is 9.47 Å². The third kappa shape index (κ3) is 2.84. The van der Waals surface area contributed by atoms with Gasteiger partial charge >= 0.3 is 0 Å². The molecule has 4 heteroatoms. The van der Waals surface area contributed by atoms with Gasteiger partial charge in [-0.1, -0.05) is 6.07 Å². The van der Waals surface area contributed by atoms with Crippen LogP contribution in [0.2, 0.25) is 0 Å². The van der Waals surface area contributed by atoms with Crippen molar-refractivity contribution in [3.63, 3.8) is 0 Å². The number of hydrogen-bond donors (Lipinski definition) is 0. The minimum Gasteiger partial charge on any atom is -0.493 e. The van der Waals surface area contributed by atoms with Crippen LogP contribution >= 0.6 is 0 Å². The van der Waals surface area contributed by atoms with Gasteiger partial charge in [0.2, 0.25) is 6.08 Å². The second-order valence-electron chi connectivity index (χ2n) is 3.24. The SMILES string of the molecule is CCOc1cc(C(C)N=C=O)ccc1OC. The Labute approximate surface area is 94.9 Å². The quantitative estimate of drug-likeness (QED) is 0.567. The zero-order chi connectivity index (χ0) is 12.0. The van der Waals surface area contributed by atoms with E-state index in [1.807, 2.05) is 26.0 Å². The van der Waals surface area contributed by atoms with Crippen LogP contribution in [-0.2, 0) is 4.79 Å². The molecule has 0 bridgehead atoms. The maximum atomic E-state index is 10.2. The van der Waals surface area contributed by atoms with Gasteiger partial charge in [-0.15, -0.1) is 0 Å². The van der Waals surface area contributed by atoms with Gasteiger partial charge < -0.3 is 9.47 Å². The minimum atomic E-state index is -0.220. The van der Waals surface area contributed by atoms with Crippen LogP contribution in [-0.4, -0.2) is 19.8 Å². The summed E-state index contributed by atoms with van der Waals surface area (Å²) in [6, 6.07) is 5.26. The number of rotatable bonds is 5. The van der Waals surface area contributed by atoms with Crippen molar-refractivity contribution in [1.82, 2.24) is 0 Å². The zero-order valence-electron chi connectivity index (χ0n) is 9.69. The van der Waals surface area contributed by atoms with Gasteiger partial charge in [0.1, 0.15) is 0 Å². The summed E-state index contributed by atoms with van der Waals surface area (Å²) in [6.07, 6.45) is 1.55. The van der Waals surface area contributed by atoms with Gasteiger partial charge in [-0.05, 0) is 31.5 Å². The van der Waals surface area contributed by atoms with Gasteiger partial charge in [-0.3, -0.25) is 0 Å². The zero-order valence-corrected chi connectivity index (χ0v) is 9.69. The number of nitrogens with zero attached hydrogens (tertiary/aromatic N) is 1. The molecule has 0 heterocycles. The summed E-state index contributed by atoms with van der Waals surface area (Å²) in [5.41, 5.74) is 0.896. The Morgan fingerprint density at radius 3 is 2.75 bits per heavy atom. The fourth-order valence-electron chi connectivity index (χ4n) is 1.38. The lowest BCUT2D eigenvalue weighted by Crippen LogP contribution is -1.97. The maximum Gasteiger partial charge on any atom is 0.235 e. The van der Waals surface area contributed by atoms with Gasteiger partial charge in [-0.25, -0.2) is 4.79 Å². The Bertz CT molecular complexity index is 397. The number of benzene rings is 1. The highest BCUT2D eigenvalue weighted by Crippen LogP contribution is 2.31. The Hall–Kier alpha value is -1.80. The number of isocyanates is 1. The van der Waals surface area contributed by atoms with Crippen molar-refractivity contribution < 1.29 is 14.3 Å². The first-order chi connectivity index (χ1) is 7.72. The highest BCUT2D eigenvalue weighted by atomic mass is 16.5. The van der Waals surface area contributed by atoms with E-state index >= 15 is 0 Å². The van der Waals surface area contributed by atoms with Crippen LogP contribution in [0.15, 0.2) is 23.2 Å². The summed E-state index contributed by atoms with van der Waals surface area (Å²) < 4.78 is 10.6. The van der Waals surface area contributed by atoms with Gasteiger partial charge in [0.15, 0.2) is 11.5 Å². The predicted molar refractivity (Wildman–Crippen MR) is 60.7 cm³/mol. The summed E-state index contributed by atoms with van der Waals surface area (Å²) in [4.78, 5) is 13.8. The van der Waals surface area contributed by atoms with Crippen LogP contribution in [0.3, 0.4) is 0 Å². The summed E-state index contributed by atoms with van der Waals surface area (Å²) in [5.74, 6) is 1.34. The highest BCUT2D eigenvalue weighted by molar-refractivity contribution is 5.44. The van der Waals surface area contributed by atoms with Crippen LogP contribution in [0.25, 0.3) is 0 Å². The van der Waals surface area contributed by atoms with Crippen molar-refractivity contribution in [1.29, 1.82) is 0 Å². The smallest absolute Gasteiger partial charge is 0.235 e. The second-order valence-corrected chi connectivity index (χ2v) is 3.24.